The molecule has 0 spiro atoms. The molecule has 0 aliphatic heterocycles. The van der Waals surface area contributed by atoms with E-state index in [1.54, 1.807) is 6.07 Å². The predicted molar refractivity (Wildman–Crippen MR) is 52.4 cm³/mol. The molecule has 1 heterocycles. The molecule has 0 aliphatic rings. The maximum atomic E-state index is 12.5. The molecule has 0 saturated heterocycles. The minimum Gasteiger partial charge on any atom is -0.258 e. The lowest BCUT2D eigenvalue weighted by molar-refractivity contribution is 0.617. The van der Waals surface area contributed by atoms with E-state index < -0.39 is 0 Å². The highest BCUT2D eigenvalue weighted by Crippen LogP contribution is 2.11. The van der Waals surface area contributed by atoms with Crippen molar-refractivity contribution in [3.63, 3.8) is 0 Å². The maximum absolute atomic E-state index is 12.5. The van der Waals surface area contributed by atoms with Gasteiger partial charge >= 0.3 is 0 Å². The van der Waals surface area contributed by atoms with Crippen LogP contribution >= 0.6 is 11.6 Å². The molecule has 3 heteroatoms. The summed E-state index contributed by atoms with van der Waals surface area (Å²) in [4.78, 5) is 3.94. The third-order valence-corrected chi connectivity index (χ3v) is 2.19. The molecule has 1 nitrogen and oxygen atoms in total. The van der Waals surface area contributed by atoms with Crippen molar-refractivity contribution in [1.82, 2.24) is 4.98 Å². The molecule has 0 aromatic carbocycles. The molecule has 1 rings (SSSR count). The standard InChI is InChI=1S/C10H13ClFN/c1-2-3-8(11)6-10-5-4-9(12)7-13-10/h4-5,7-8H,2-3,6H2,1H3. The van der Waals surface area contributed by atoms with E-state index in [9.17, 15) is 4.39 Å². The normalized spacial score (nSPS) is 12.8. The third-order valence-electron chi connectivity index (χ3n) is 1.82. The highest BCUT2D eigenvalue weighted by atomic mass is 35.5. The summed E-state index contributed by atoms with van der Waals surface area (Å²) >= 11 is 6.02. The summed E-state index contributed by atoms with van der Waals surface area (Å²) in [5.41, 5.74) is 0.856. The van der Waals surface area contributed by atoms with E-state index in [0.717, 1.165) is 25.0 Å². The van der Waals surface area contributed by atoms with Crippen LogP contribution in [0.5, 0.6) is 0 Å². The minimum atomic E-state index is -0.301. The summed E-state index contributed by atoms with van der Waals surface area (Å²) in [6.45, 7) is 2.09. The van der Waals surface area contributed by atoms with E-state index in [1.807, 2.05) is 0 Å². The molecule has 0 radical (unpaired) electrons. The molecule has 0 N–H and O–H groups in total. The zero-order valence-corrected chi connectivity index (χ0v) is 8.39. The van der Waals surface area contributed by atoms with Crippen molar-refractivity contribution in [1.29, 1.82) is 0 Å². The average molecular weight is 202 g/mol. The number of halogens is 2. The van der Waals surface area contributed by atoms with Gasteiger partial charge in [-0.1, -0.05) is 13.3 Å². The lowest BCUT2D eigenvalue weighted by Crippen LogP contribution is -2.04. The highest BCUT2D eigenvalue weighted by Gasteiger charge is 2.05. The van der Waals surface area contributed by atoms with Crippen LogP contribution in [0, 0.1) is 5.82 Å². The van der Waals surface area contributed by atoms with Gasteiger partial charge in [-0.25, -0.2) is 4.39 Å². The molecule has 1 atom stereocenters. The topological polar surface area (TPSA) is 12.9 Å². The van der Waals surface area contributed by atoms with Gasteiger partial charge in [0.1, 0.15) is 5.82 Å². The smallest absolute Gasteiger partial charge is 0.141 e. The summed E-state index contributed by atoms with van der Waals surface area (Å²) in [5.74, 6) is -0.301. The van der Waals surface area contributed by atoms with Crippen molar-refractivity contribution in [3.8, 4) is 0 Å². The highest BCUT2D eigenvalue weighted by molar-refractivity contribution is 6.20. The SMILES string of the molecule is CCCC(Cl)Cc1ccc(F)cn1. The van der Waals surface area contributed by atoms with Gasteiger partial charge in [-0.15, -0.1) is 11.6 Å². The van der Waals surface area contributed by atoms with Gasteiger partial charge in [0.2, 0.25) is 0 Å². The molecule has 1 aromatic heterocycles. The van der Waals surface area contributed by atoms with Gasteiger partial charge < -0.3 is 0 Å². The maximum Gasteiger partial charge on any atom is 0.141 e. The van der Waals surface area contributed by atoms with Crippen molar-refractivity contribution in [3.05, 3.63) is 29.8 Å². The molecule has 0 fully saturated rings. The first-order valence-corrected chi connectivity index (χ1v) is 4.90. The average Bonchev–Trinajstić information content (AvgIpc) is 2.09. The van der Waals surface area contributed by atoms with Gasteiger partial charge in [-0.2, -0.15) is 0 Å². The van der Waals surface area contributed by atoms with Gasteiger partial charge in [0.25, 0.3) is 0 Å². The first-order valence-electron chi connectivity index (χ1n) is 4.47. The Morgan fingerprint density at radius 3 is 2.85 bits per heavy atom. The van der Waals surface area contributed by atoms with Crippen molar-refractivity contribution in [2.75, 3.05) is 0 Å². The first kappa shape index (κ1) is 10.5. The van der Waals surface area contributed by atoms with Crippen molar-refractivity contribution < 1.29 is 4.39 Å². The van der Waals surface area contributed by atoms with Crippen LogP contribution in [-0.2, 0) is 6.42 Å². The van der Waals surface area contributed by atoms with Crippen molar-refractivity contribution in [2.45, 2.75) is 31.6 Å². The number of pyridine rings is 1. The Labute approximate surface area is 82.9 Å². The monoisotopic (exact) mass is 201 g/mol. The Hall–Kier alpha value is -0.630. The van der Waals surface area contributed by atoms with E-state index >= 15 is 0 Å². The van der Waals surface area contributed by atoms with Gasteiger partial charge in [0, 0.05) is 17.5 Å². The number of hydrogen-bond donors (Lipinski definition) is 0. The van der Waals surface area contributed by atoms with E-state index in [4.69, 9.17) is 11.6 Å². The van der Waals surface area contributed by atoms with Crippen LogP contribution in [0.4, 0.5) is 4.39 Å². The Morgan fingerprint density at radius 2 is 2.31 bits per heavy atom. The second kappa shape index (κ2) is 5.18. The number of aromatic nitrogens is 1. The summed E-state index contributed by atoms with van der Waals surface area (Å²) < 4.78 is 12.5. The molecule has 72 valence electrons. The molecule has 13 heavy (non-hydrogen) atoms. The quantitative estimate of drug-likeness (QED) is 0.682. The molecule has 0 amide bonds. The molecule has 0 bridgehead atoms. The number of nitrogens with zero attached hydrogens (tertiary/aromatic N) is 1. The largest absolute Gasteiger partial charge is 0.258 e. The summed E-state index contributed by atoms with van der Waals surface area (Å²) in [7, 11) is 0. The molecular weight excluding hydrogens is 189 g/mol. The van der Waals surface area contributed by atoms with Crippen LogP contribution in [0.2, 0.25) is 0 Å². The Balaban J connectivity index is 2.49. The fourth-order valence-corrected chi connectivity index (χ4v) is 1.55. The van der Waals surface area contributed by atoms with Crippen LogP contribution in [0.1, 0.15) is 25.5 Å². The predicted octanol–water partition coefficient (Wildman–Crippen LogP) is 3.17. The van der Waals surface area contributed by atoms with E-state index in [2.05, 4.69) is 11.9 Å². The number of rotatable bonds is 4. The van der Waals surface area contributed by atoms with Gasteiger partial charge in [0.05, 0.1) is 6.20 Å². The Bertz CT molecular complexity index is 248. The van der Waals surface area contributed by atoms with E-state index in [-0.39, 0.29) is 11.2 Å². The first-order chi connectivity index (χ1) is 6.22. The lowest BCUT2D eigenvalue weighted by atomic mass is 10.1. The zero-order valence-electron chi connectivity index (χ0n) is 7.63. The third kappa shape index (κ3) is 3.73. The molecule has 0 aliphatic carbocycles. The molecule has 1 unspecified atom stereocenters. The van der Waals surface area contributed by atoms with Crippen molar-refractivity contribution in [2.24, 2.45) is 0 Å². The molecular formula is C10H13ClFN. The zero-order chi connectivity index (χ0) is 9.68. The second-order valence-electron chi connectivity index (χ2n) is 3.06. The number of hydrogen-bond acceptors (Lipinski definition) is 1. The fraction of sp³-hybridized carbons (Fsp3) is 0.500. The van der Waals surface area contributed by atoms with Gasteiger partial charge in [-0.3, -0.25) is 4.98 Å². The van der Waals surface area contributed by atoms with E-state index in [1.165, 1.54) is 12.3 Å². The Kier molecular flexibility index (Phi) is 4.16. The summed E-state index contributed by atoms with van der Waals surface area (Å²) in [6.07, 6.45) is 3.98. The van der Waals surface area contributed by atoms with Crippen LogP contribution in [0.3, 0.4) is 0 Å². The van der Waals surface area contributed by atoms with Crippen LogP contribution < -0.4 is 0 Å². The van der Waals surface area contributed by atoms with Crippen LogP contribution in [0.25, 0.3) is 0 Å². The molecule has 0 saturated carbocycles. The lowest BCUT2D eigenvalue weighted by Gasteiger charge is -2.06. The Morgan fingerprint density at radius 1 is 1.54 bits per heavy atom. The second-order valence-corrected chi connectivity index (χ2v) is 3.68. The number of alkyl halides is 1. The minimum absolute atomic E-state index is 0.114. The van der Waals surface area contributed by atoms with Gasteiger partial charge in [-0.05, 0) is 18.6 Å². The fourth-order valence-electron chi connectivity index (χ4n) is 1.17. The van der Waals surface area contributed by atoms with E-state index in [0.29, 0.717) is 0 Å². The summed E-state index contributed by atoms with van der Waals surface area (Å²) in [5, 5.41) is 0.114. The summed E-state index contributed by atoms with van der Waals surface area (Å²) in [6, 6.07) is 3.10. The van der Waals surface area contributed by atoms with Crippen molar-refractivity contribution >= 4 is 11.6 Å². The molecule has 1 aromatic rings. The van der Waals surface area contributed by atoms with Crippen LogP contribution in [-0.4, -0.2) is 10.4 Å². The van der Waals surface area contributed by atoms with Gasteiger partial charge in [0.15, 0.2) is 0 Å². The van der Waals surface area contributed by atoms with Crippen LogP contribution in [0.15, 0.2) is 18.3 Å².